The molecular weight excluding hydrogens is 262 g/mol. The summed E-state index contributed by atoms with van der Waals surface area (Å²) < 4.78 is 0. The first-order valence-corrected chi connectivity index (χ1v) is 6.36. The van der Waals surface area contributed by atoms with E-state index >= 15 is 0 Å². The Kier molecular flexibility index (Phi) is 3.63. The van der Waals surface area contributed by atoms with Crippen LogP contribution >= 0.6 is 0 Å². The van der Waals surface area contributed by atoms with Crippen molar-refractivity contribution < 1.29 is 14.8 Å². The fourth-order valence-electron chi connectivity index (χ4n) is 2.41. The third-order valence-corrected chi connectivity index (χ3v) is 3.44. The normalized spacial score (nSPS) is 22.6. The molecule has 1 amide bonds. The Morgan fingerprint density at radius 2 is 2.25 bits per heavy atom. The van der Waals surface area contributed by atoms with Gasteiger partial charge >= 0.3 is 0 Å². The van der Waals surface area contributed by atoms with Gasteiger partial charge in [0.25, 0.3) is 11.6 Å². The molecule has 0 bridgehead atoms. The van der Waals surface area contributed by atoms with Crippen molar-refractivity contribution in [3.8, 4) is 0 Å². The van der Waals surface area contributed by atoms with Crippen molar-refractivity contribution >= 4 is 17.3 Å². The number of nitrogens with zero attached hydrogens (tertiary/aromatic N) is 2. The molecule has 0 radical (unpaired) electrons. The third kappa shape index (κ3) is 2.88. The Morgan fingerprint density at radius 3 is 2.85 bits per heavy atom. The minimum Gasteiger partial charge on any atom is -0.393 e. The molecule has 7 heteroatoms. The number of hydrogen-bond donors (Lipinski definition) is 2. The van der Waals surface area contributed by atoms with Gasteiger partial charge in [-0.3, -0.25) is 14.9 Å². The first kappa shape index (κ1) is 14.3. The Morgan fingerprint density at radius 1 is 1.55 bits per heavy atom. The number of nitro groups is 1. The molecule has 1 atom stereocenters. The molecule has 1 saturated heterocycles. The molecule has 0 saturated carbocycles. The summed E-state index contributed by atoms with van der Waals surface area (Å²) in [6, 6.07) is 4.00. The molecule has 0 spiro atoms. The summed E-state index contributed by atoms with van der Waals surface area (Å²) in [5.41, 5.74) is 4.56. The predicted octanol–water partition coefficient (Wildman–Crippen LogP) is 1.16. The maximum Gasteiger partial charge on any atom is 0.292 e. The van der Waals surface area contributed by atoms with E-state index in [4.69, 9.17) is 5.73 Å². The number of carbonyl (C=O) groups excluding carboxylic acids is 1. The van der Waals surface area contributed by atoms with Crippen molar-refractivity contribution in [1.82, 2.24) is 4.90 Å². The van der Waals surface area contributed by atoms with Crippen LogP contribution in [0.4, 0.5) is 11.4 Å². The highest BCUT2D eigenvalue weighted by molar-refractivity contribution is 5.95. The third-order valence-electron chi connectivity index (χ3n) is 3.44. The molecule has 1 aromatic rings. The number of aliphatic hydroxyl groups is 1. The average molecular weight is 279 g/mol. The van der Waals surface area contributed by atoms with Gasteiger partial charge in [-0.15, -0.1) is 0 Å². The average Bonchev–Trinajstić information content (AvgIpc) is 2.37. The summed E-state index contributed by atoms with van der Waals surface area (Å²) in [4.78, 5) is 24.1. The zero-order valence-electron chi connectivity index (χ0n) is 11.2. The monoisotopic (exact) mass is 279 g/mol. The summed E-state index contributed by atoms with van der Waals surface area (Å²) in [6.45, 7) is 2.44. The molecule has 1 unspecified atom stereocenters. The van der Waals surface area contributed by atoms with Crippen molar-refractivity contribution in [3.63, 3.8) is 0 Å². The van der Waals surface area contributed by atoms with E-state index in [9.17, 15) is 20.0 Å². The van der Waals surface area contributed by atoms with Gasteiger partial charge in [0.2, 0.25) is 0 Å². The summed E-state index contributed by atoms with van der Waals surface area (Å²) in [6.07, 6.45) is 1.34. The van der Waals surface area contributed by atoms with E-state index in [-0.39, 0.29) is 29.4 Å². The Balaban J connectivity index is 2.25. The molecule has 1 aromatic carbocycles. The van der Waals surface area contributed by atoms with E-state index in [1.807, 2.05) is 0 Å². The number of rotatable bonds is 2. The van der Waals surface area contributed by atoms with E-state index in [1.165, 1.54) is 23.1 Å². The summed E-state index contributed by atoms with van der Waals surface area (Å²) >= 11 is 0. The molecule has 7 nitrogen and oxygen atoms in total. The van der Waals surface area contributed by atoms with Gasteiger partial charge in [0, 0.05) is 24.7 Å². The number of piperidine rings is 1. The van der Waals surface area contributed by atoms with Crippen LogP contribution in [-0.2, 0) is 0 Å². The van der Waals surface area contributed by atoms with Gasteiger partial charge in [0.1, 0.15) is 5.69 Å². The molecule has 1 aliphatic rings. The number of hydrogen-bond acceptors (Lipinski definition) is 5. The van der Waals surface area contributed by atoms with Gasteiger partial charge in [-0.2, -0.15) is 0 Å². The topological polar surface area (TPSA) is 110 Å². The second-order valence-corrected chi connectivity index (χ2v) is 5.36. The van der Waals surface area contributed by atoms with Crippen LogP contribution < -0.4 is 5.73 Å². The van der Waals surface area contributed by atoms with Crippen LogP contribution in [0, 0.1) is 10.1 Å². The highest BCUT2D eigenvalue weighted by Gasteiger charge is 2.31. The second-order valence-electron chi connectivity index (χ2n) is 5.36. The zero-order valence-corrected chi connectivity index (χ0v) is 11.2. The number of β-amino-alcohol motifs (C(OH)–C–C–N with tert-alkyl or cyclic N) is 1. The van der Waals surface area contributed by atoms with Crippen molar-refractivity contribution in [2.45, 2.75) is 25.4 Å². The summed E-state index contributed by atoms with van der Waals surface area (Å²) in [7, 11) is 0. The number of benzene rings is 1. The number of nitrogens with two attached hydrogens (primary N) is 1. The second kappa shape index (κ2) is 5.09. The van der Waals surface area contributed by atoms with E-state index < -0.39 is 10.5 Å². The lowest BCUT2D eigenvalue weighted by Gasteiger charge is -2.36. The Bertz CT molecular complexity index is 557. The van der Waals surface area contributed by atoms with Crippen LogP contribution in [0.3, 0.4) is 0 Å². The highest BCUT2D eigenvalue weighted by Crippen LogP contribution is 2.25. The fourth-order valence-corrected chi connectivity index (χ4v) is 2.41. The molecule has 20 heavy (non-hydrogen) atoms. The van der Waals surface area contributed by atoms with Crippen LogP contribution in [-0.4, -0.2) is 39.5 Å². The van der Waals surface area contributed by atoms with Gasteiger partial charge in [0.05, 0.1) is 10.5 Å². The predicted molar refractivity (Wildman–Crippen MR) is 73.3 cm³/mol. The largest absolute Gasteiger partial charge is 0.393 e. The minimum absolute atomic E-state index is 0.0252. The van der Waals surface area contributed by atoms with Crippen molar-refractivity contribution in [2.24, 2.45) is 0 Å². The maximum atomic E-state index is 12.3. The molecule has 0 aliphatic carbocycles. The first-order chi connectivity index (χ1) is 9.30. The number of nitrogen functional groups attached to an aromatic ring is 1. The molecule has 1 aliphatic heterocycles. The molecule has 2 rings (SSSR count). The van der Waals surface area contributed by atoms with Crippen LogP contribution in [0.25, 0.3) is 0 Å². The van der Waals surface area contributed by atoms with Crippen LogP contribution in [0.1, 0.15) is 30.1 Å². The number of likely N-dealkylation sites (tertiary alicyclic amines) is 1. The fraction of sp³-hybridized carbons (Fsp3) is 0.462. The number of anilines is 1. The number of nitro benzene ring substituents is 1. The van der Waals surface area contributed by atoms with E-state index in [2.05, 4.69) is 0 Å². The summed E-state index contributed by atoms with van der Waals surface area (Å²) in [5.74, 6) is -0.326. The number of carbonyl (C=O) groups is 1. The smallest absolute Gasteiger partial charge is 0.292 e. The Hall–Kier alpha value is -2.15. The highest BCUT2D eigenvalue weighted by atomic mass is 16.6. The molecule has 108 valence electrons. The van der Waals surface area contributed by atoms with Crippen LogP contribution in [0.15, 0.2) is 18.2 Å². The van der Waals surface area contributed by atoms with Crippen molar-refractivity contribution in [3.05, 3.63) is 33.9 Å². The SMILES string of the molecule is CC1(O)CCCN(C(=O)c2ccc(N)c([N+](=O)[O-])c2)C1. The quantitative estimate of drug-likeness (QED) is 0.479. The molecular formula is C13H17N3O4. The van der Waals surface area contributed by atoms with Gasteiger partial charge in [-0.25, -0.2) is 0 Å². The van der Waals surface area contributed by atoms with Crippen molar-refractivity contribution in [2.75, 3.05) is 18.8 Å². The van der Waals surface area contributed by atoms with E-state index in [1.54, 1.807) is 6.92 Å². The van der Waals surface area contributed by atoms with Crippen molar-refractivity contribution in [1.29, 1.82) is 0 Å². The molecule has 0 aromatic heterocycles. The lowest BCUT2D eigenvalue weighted by molar-refractivity contribution is -0.383. The standard InChI is InChI=1S/C13H17N3O4/c1-13(18)5-2-6-15(8-13)12(17)9-3-4-10(14)11(7-9)16(19)20/h3-4,7,18H,2,5-6,8,14H2,1H3. The van der Waals surface area contributed by atoms with Gasteiger partial charge in [-0.1, -0.05) is 0 Å². The number of amides is 1. The molecule has 1 heterocycles. The lowest BCUT2D eigenvalue weighted by atomic mass is 9.94. The van der Waals surface area contributed by atoms with E-state index in [0.717, 1.165) is 0 Å². The summed E-state index contributed by atoms with van der Waals surface area (Å²) in [5, 5.41) is 20.8. The van der Waals surface area contributed by atoms with Gasteiger partial charge in [-0.05, 0) is 31.9 Å². The van der Waals surface area contributed by atoms with Crippen LogP contribution in [0.2, 0.25) is 0 Å². The molecule has 3 N–H and O–H groups in total. The van der Waals surface area contributed by atoms with E-state index in [0.29, 0.717) is 19.4 Å². The first-order valence-electron chi connectivity index (χ1n) is 6.36. The van der Waals surface area contributed by atoms with Gasteiger partial charge in [0.15, 0.2) is 0 Å². The lowest BCUT2D eigenvalue weighted by Crippen LogP contribution is -2.48. The minimum atomic E-state index is -0.909. The molecule has 1 fully saturated rings. The zero-order chi connectivity index (χ0) is 14.9. The Labute approximate surface area is 116 Å². The van der Waals surface area contributed by atoms with Crippen LogP contribution in [0.5, 0.6) is 0 Å². The van der Waals surface area contributed by atoms with Gasteiger partial charge < -0.3 is 15.7 Å². The maximum absolute atomic E-state index is 12.3.